The quantitative estimate of drug-likeness (QED) is 0.899. The maximum atomic E-state index is 6.00. The maximum absolute atomic E-state index is 6.00. The lowest BCUT2D eigenvalue weighted by Gasteiger charge is -2.30. The van der Waals surface area contributed by atoms with Gasteiger partial charge in [-0.25, -0.2) is 4.98 Å². The van der Waals surface area contributed by atoms with Crippen LogP contribution in [-0.2, 0) is 0 Å². The first-order valence-corrected chi connectivity index (χ1v) is 6.97. The van der Waals surface area contributed by atoms with Gasteiger partial charge in [0.2, 0.25) is 5.89 Å². The Labute approximate surface area is 113 Å². The Balaban J connectivity index is 1.94. The number of hydrogen-bond donors (Lipinski definition) is 1. The van der Waals surface area contributed by atoms with E-state index in [2.05, 4.69) is 48.1 Å². The third-order valence-corrected chi connectivity index (χ3v) is 3.89. The Morgan fingerprint density at radius 1 is 1.26 bits per heavy atom. The van der Waals surface area contributed by atoms with Gasteiger partial charge in [0.1, 0.15) is 5.52 Å². The summed E-state index contributed by atoms with van der Waals surface area (Å²) in [5, 5.41) is 3.37. The van der Waals surface area contributed by atoms with Crippen molar-refractivity contribution in [2.45, 2.75) is 26.8 Å². The van der Waals surface area contributed by atoms with Crippen LogP contribution in [0.25, 0.3) is 11.1 Å². The first-order chi connectivity index (χ1) is 9.15. The molecule has 1 aliphatic heterocycles. The summed E-state index contributed by atoms with van der Waals surface area (Å²) in [6, 6.07) is 4.49. The van der Waals surface area contributed by atoms with Crippen molar-refractivity contribution in [1.29, 1.82) is 0 Å². The fraction of sp³-hybridized carbons (Fsp3) is 0.533. The lowest BCUT2D eigenvalue weighted by atomic mass is 10.1. The molecule has 1 saturated heterocycles. The van der Waals surface area contributed by atoms with E-state index in [0.29, 0.717) is 0 Å². The Kier molecular flexibility index (Phi) is 3.29. The molecule has 3 rings (SSSR count). The van der Waals surface area contributed by atoms with Crippen LogP contribution in [0.5, 0.6) is 0 Å². The molecule has 1 N–H and O–H groups in total. The molecule has 1 atom stereocenters. The maximum Gasteiger partial charge on any atom is 0.212 e. The van der Waals surface area contributed by atoms with Gasteiger partial charge in [-0.15, -0.1) is 0 Å². The first kappa shape index (κ1) is 12.6. The molecular formula is C15H21N3O. The summed E-state index contributed by atoms with van der Waals surface area (Å²) in [6.07, 6.45) is 0. The van der Waals surface area contributed by atoms with Crippen LogP contribution in [0.15, 0.2) is 16.5 Å². The average molecular weight is 259 g/mol. The zero-order valence-corrected chi connectivity index (χ0v) is 11.9. The van der Waals surface area contributed by atoms with Gasteiger partial charge < -0.3 is 9.73 Å². The Morgan fingerprint density at radius 3 is 2.74 bits per heavy atom. The smallest absolute Gasteiger partial charge is 0.212 e. The second kappa shape index (κ2) is 4.94. The van der Waals surface area contributed by atoms with Crippen molar-refractivity contribution in [1.82, 2.24) is 15.2 Å². The summed E-state index contributed by atoms with van der Waals surface area (Å²) in [6.45, 7) is 10.6. The minimum atomic E-state index is 0.245. The predicted molar refractivity (Wildman–Crippen MR) is 76.3 cm³/mol. The molecule has 1 aromatic carbocycles. The molecule has 2 heterocycles. The minimum Gasteiger partial charge on any atom is -0.439 e. The standard InChI is InChI=1S/C15H21N3O/c1-10-8-11(2)14-13(9-10)17-15(19-14)12(3)18-6-4-16-5-7-18/h8-9,12,16H,4-7H2,1-3H3. The van der Waals surface area contributed by atoms with E-state index in [4.69, 9.17) is 4.42 Å². The number of aryl methyl sites for hydroxylation is 2. The number of piperazine rings is 1. The number of fused-ring (bicyclic) bond motifs is 1. The van der Waals surface area contributed by atoms with Crippen molar-refractivity contribution in [2.24, 2.45) is 0 Å². The average Bonchev–Trinajstić information content (AvgIpc) is 2.83. The van der Waals surface area contributed by atoms with Gasteiger partial charge in [0.15, 0.2) is 5.58 Å². The number of aromatic nitrogens is 1. The lowest BCUT2D eigenvalue weighted by Crippen LogP contribution is -2.44. The van der Waals surface area contributed by atoms with Crippen molar-refractivity contribution >= 4 is 11.1 Å². The van der Waals surface area contributed by atoms with Gasteiger partial charge in [-0.3, -0.25) is 4.90 Å². The lowest BCUT2D eigenvalue weighted by molar-refractivity contribution is 0.164. The molecule has 1 aromatic heterocycles. The third kappa shape index (κ3) is 2.38. The molecule has 1 aliphatic rings. The molecule has 0 spiro atoms. The monoisotopic (exact) mass is 259 g/mol. The van der Waals surface area contributed by atoms with E-state index >= 15 is 0 Å². The van der Waals surface area contributed by atoms with Crippen LogP contribution in [0.4, 0.5) is 0 Å². The van der Waals surface area contributed by atoms with E-state index in [9.17, 15) is 0 Å². The van der Waals surface area contributed by atoms with Crippen molar-refractivity contribution in [3.8, 4) is 0 Å². The van der Waals surface area contributed by atoms with Gasteiger partial charge in [-0.2, -0.15) is 0 Å². The second-order valence-corrected chi connectivity index (χ2v) is 5.44. The molecule has 0 aliphatic carbocycles. The fourth-order valence-electron chi connectivity index (χ4n) is 2.80. The predicted octanol–water partition coefficient (Wildman–Crippen LogP) is 2.41. The van der Waals surface area contributed by atoms with Gasteiger partial charge in [0, 0.05) is 26.2 Å². The number of nitrogens with one attached hydrogen (secondary N) is 1. The van der Waals surface area contributed by atoms with Gasteiger partial charge in [0.05, 0.1) is 6.04 Å². The van der Waals surface area contributed by atoms with Crippen LogP contribution in [-0.4, -0.2) is 36.1 Å². The van der Waals surface area contributed by atoms with Crippen molar-refractivity contribution < 1.29 is 4.42 Å². The Bertz CT molecular complexity index is 584. The number of benzene rings is 1. The van der Waals surface area contributed by atoms with E-state index in [1.54, 1.807) is 0 Å². The molecule has 0 amide bonds. The van der Waals surface area contributed by atoms with Crippen LogP contribution < -0.4 is 5.32 Å². The minimum absolute atomic E-state index is 0.245. The summed E-state index contributed by atoms with van der Waals surface area (Å²) in [7, 11) is 0. The molecule has 0 radical (unpaired) electrons. The van der Waals surface area contributed by atoms with Crippen LogP contribution in [0.2, 0.25) is 0 Å². The van der Waals surface area contributed by atoms with Crippen molar-refractivity contribution in [3.63, 3.8) is 0 Å². The summed E-state index contributed by atoms with van der Waals surface area (Å²) in [5.41, 5.74) is 4.32. The van der Waals surface area contributed by atoms with E-state index in [1.807, 2.05) is 0 Å². The highest BCUT2D eigenvalue weighted by Crippen LogP contribution is 2.27. The van der Waals surface area contributed by atoms with Crippen molar-refractivity contribution in [3.05, 3.63) is 29.2 Å². The largest absolute Gasteiger partial charge is 0.439 e. The summed E-state index contributed by atoms with van der Waals surface area (Å²) in [5.74, 6) is 0.839. The van der Waals surface area contributed by atoms with Crippen molar-refractivity contribution in [2.75, 3.05) is 26.2 Å². The normalized spacial score (nSPS) is 18.9. The zero-order chi connectivity index (χ0) is 13.4. The van der Waals surface area contributed by atoms with E-state index < -0.39 is 0 Å². The highest BCUT2D eigenvalue weighted by molar-refractivity contribution is 5.77. The Hall–Kier alpha value is -1.39. The van der Waals surface area contributed by atoms with Crippen LogP contribution >= 0.6 is 0 Å². The van der Waals surface area contributed by atoms with Crippen LogP contribution in [0.1, 0.15) is 30.0 Å². The Morgan fingerprint density at radius 2 is 2.00 bits per heavy atom. The molecular weight excluding hydrogens is 238 g/mol. The molecule has 4 heteroatoms. The third-order valence-electron chi connectivity index (χ3n) is 3.89. The van der Waals surface area contributed by atoms with Gasteiger partial charge in [0.25, 0.3) is 0 Å². The molecule has 1 unspecified atom stereocenters. The summed E-state index contributed by atoms with van der Waals surface area (Å²) in [4.78, 5) is 7.10. The van der Waals surface area contributed by atoms with Gasteiger partial charge in [-0.05, 0) is 38.0 Å². The topological polar surface area (TPSA) is 41.3 Å². The molecule has 19 heavy (non-hydrogen) atoms. The van der Waals surface area contributed by atoms with Crippen LogP contribution in [0.3, 0.4) is 0 Å². The van der Waals surface area contributed by atoms with Crippen LogP contribution in [0, 0.1) is 13.8 Å². The summed E-state index contributed by atoms with van der Waals surface area (Å²) < 4.78 is 6.00. The highest BCUT2D eigenvalue weighted by Gasteiger charge is 2.22. The number of oxazole rings is 1. The van der Waals surface area contributed by atoms with E-state index in [1.165, 1.54) is 11.1 Å². The first-order valence-electron chi connectivity index (χ1n) is 6.97. The van der Waals surface area contributed by atoms with E-state index in [0.717, 1.165) is 43.2 Å². The van der Waals surface area contributed by atoms with Gasteiger partial charge >= 0.3 is 0 Å². The molecule has 2 aromatic rings. The van der Waals surface area contributed by atoms with E-state index in [-0.39, 0.29) is 6.04 Å². The van der Waals surface area contributed by atoms with Gasteiger partial charge in [-0.1, -0.05) is 6.07 Å². The number of hydrogen-bond acceptors (Lipinski definition) is 4. The number of rotatable bonds is 2. The molecule has 1 fully saturated rings. The molecule has 0 saturated carbocycles. The molecule has 4 nitrogen and oxygen atoms in total. The fourth-order valence-corrected chi connectivity index (χ4v) is 2.80. The summed E-state index contributed by atoms with van der Waals surface area (Å²) >= 11 is 0. The highest BCUT2D eigenvalue weighted by atomic mass is 16.3. The molecule has 0 bridgehead atoms. The number of nitrogens with zero attached hydrogens (tertiary/aromatic N) is 2. The molecule has 102 valence electrons. The zero-order valence-electron chi connectivity index (χ0n) is 11.9. The SMILES string of the molecule is Cc1cc(C)c2oc(C(C)N3CCNCC3)nc2c1. The second-order valence-electron chi connectivity index (χ2n) is 5.44.